The van der Waals surface area contributed by atoms with Crippen LogP contribution in [0.2, 0.25) is 0 Å². The van der Waals surface area contributed by atoms with Gasteiger partial charge in [-0.25, -0.2) is 0 Å². The van der Waals surface area contributed by atoms with Gasteiger partial charge in [0.25, 0.3) is 0 Å². The number of nitrogens with zero attached hydrogens (tertiary/aromatic N) is 2. The molecule has 1 amide bonds. The summed E-state index contributed by atoms with van der Waals surface area (Å²) in [4.78, 5) is 11.8. The zero-order valence-electron chi connectivity index (χ0n) is 11.0. The third kappa shape index (κ3) is 4.19. The molecule has 108 valence electrons. The highest BCUT2D eigenvalue weighted by molar-refractivity contribution is 5.85. The first-order chi connectivity index (χ1) is 8.56. The molecular formula is C12H21ClN4O2. The zero-order chi connectivity index (χ0) is 13.1. The molecule has 0 saturated heterocycles. The number of nitrogens with two attached hydrogens (primary N) is 1. The number of aliphatic hydroxyl groups excluding tert-OH is 1. The molecule has 6 nitrogen and oxygen atoms in total. The SMILES string of the molecule is Cl.Cn1cc(CCNC(=O)[C@H]2C[C@H](N)[C@@H](O)C2)cn1. The van der Waals surface area contributed by atoms with Crippen LogP contribution in [-0.4, -0.2) is 39.5 Å². The van der Waals surface area contributed by atoms with Gasteiger partial charge in [0, 0.05) is 31.7 Å². The van der Waals surface area contributed by atoms with E-state index < -0.39 is 6.10 Å². The molecule has 0 radical (unpaired) electrons. The molecule has 0 unspecified atom stereocenters. The standard InChI is InChI=1S/C12H20N4O2.ClH/c1-16-7-8(6-15-16)2-3-14-12(18)9-4-10(13)11(17)5-9;/h6-7,9-11,17H,2-5,13H2,1H3,(H,14,18);1H/t9-,10-,11-;/m0./s1. The van der Waals surface area contributed by atoms with Gasteiger partial charge in [-0.2, -0.15) is 5.10 Å². The van der Waals surface area contributed by atoms with Crippen LogP contribution in [0.3, 0.4) is 0 Å². The van der Waals surface area contributed by atoms with E-state index in [2.05, 4.69) is 10.4 Å². The largest absolute Gasteiger partial charge is 0.391 e. The second-order valence-corrected chi connectivity index (χ2v) is 4.96. The van der Waals surface area contributed by atoms with E-state index in [1.165, 1.54) is 0 Å². The molecule has 4 N–H and O–H groups in total. The maximum absolute atomic E-state index is 11.8. The van der Waals surface area contributed by atoms with Crippen LogP contribution in [0, 0.1) is 5.92 Å². The number of rotatable bonds is 4. The van der Waals surface area contributed by atoms with Gasteiger partial charge in [-0.15, -0.1) is 12.4 Å². The average molecular weight is 289 g/mol. The third-order valence-corrected chi connectivity index (χ3v) is 3.42. The second-order valence-electron chi connectivity index (χ2n) is 4.96. The lowest BCUT2D eigenvalue weighted by atomic mass is 10.1. The highest BCUT2D eigenvalue weighted by Gasteiger charge is 2.34. The van der Waals surface area contributed by atoms with E-state index in [1.54, 1.807) is 10.9 Å². The minimum atomic E-state index is -0.543. The predicted octanol–water partition coefficient (Wildman–Crippen LogP) is -0.401. The molecule has 7 heteroatoms. The van der Waals surface area contributed by atoms with Crippen LogP contribution in [0.15, 0.2) is 12.4 Å². The van der Waals surface area contributed by atoms with Crippen LogP contribution in [0.5, 0.6) is 0 Å². The minimum absolute atomic E-state index is 0. The fourth-order valence-corrected chi connectivity index (χ4v) is 2.34. The van der Waals surface area contributed by atoms with E-state index in [-0.39, 0.29) is 30.3 Å². The molecule has 1 aliphatic carbocycles. The van der Waals surface area contributed by atoms with Crippen molar-refractivity contribution in [2.75, 3.05) is 6.54 Å². The summed E-state index contributed by atoms with van der Waals surface area (Å²) in [6.45, 7) is 0.590. The Morgan fingerprint density at radius 2 is 2.37 bits per heavy atom. The van der Waals surface area contributed by atoms with Gasteiger partial charge in [-0.3, -0.25) is 9.48 Å². The molecule has 0 aliphatic heterocycles. The number of halogens is 1. The number of carbonyl (C=O) groups excluding carboxylic acids is 1. The minimum Gasteiger partial charge on any atom is -0.391 e. The van der Waals surface area contributed by atoms with E-state index >= 15 is 0 Å². The van der Waals surface area contributed by atoms with Crippen molar-refractivity contribution < 1.29 is 9.90 Å². The van der Waals surface area contributed by atoms with E-state index in [4.69, 9.17) is 5.73 Å². The van der Waals surface area contributed by atoms with Gasteiger partial charge in [0.05, 0.1) is 12.3 Å². The highest BCUT2D eigenvalue weighted by atomic mass is 35.5. The number of nitrogens with one attached hydrogen (secondary N) is 1. The molecule has 1 aliphatic rings. The first-order valence-corrected chi connectivity index (χ1v) is 6.25. The third-order valence-electron chi connectivity index (χ3n) is 3.42. The molecule has 0 spiro atoms. The van der Waals surface area contributed by atoms with Gasteiger partial charge in [0.1, 0.15) is 0 Å². The van der Waals surface area contributed by atoms with Gasteiger partial charge in [0.2, 0.25) is 5.91 Å². The lowest BCUT2D eigenvalue weighted by Gasteiger charge is -2.09. The fraction of sp³-hybridized carbons (Fsp3) is 0.667. The number of aryl methyl sites for hydroxylation is 1. The van der Waals surface area contributed by atoms with Crippen molar-refractivity contribution in [1.82, 2.24) is 15.1 Å². The molecular weight excluding hydrogens is 268 g/mol. The summed E-state index contributed by atoms with van der Waals surface area (Å²) in [5.74, 6) is -0.158. The fourth-order valence-electron chi connectivity index (χ4n) is 2.34. The first kappa shape index (κ1) is 15.9. The summed E-state index contributed by atoms with van der Waals surface area (Å²) >= 11 is 0. The van der Waals surface area contributed by atoms with E-state index in [1.807, 2.05) is 13.2 Å². The van der Waals surface area contributed by atoms with Crippen molar-refractivity contribution in [2.24, 2.45) is 18.7 Å². The van der Waals surface area contributed by atoms with Gasteiger partial charge in [0.15, 0.2) is 0 Å². The normalized spacial score (nSPS) is 25.9. The topological polar surface area (TPSA) is 93.2 Å². The van der Waals surface area contributed by atoms with E-state index in [0.717, 1.165) is 12.0 Å². The monoisotopic (exact) mass is 288 g/mol. The molecule has 1 saturated carbocycles. The molecule has 0 bridgehead atoms. The van der Waals surface area contributed by atoms with Crippen LogP contribution in [0.25, 0.3) is 0 Å². The Morgan fingerprint density at radius 1 is 1.63 bits per heavy atom. The predicted molar refractivity (Wildman–Crippen MR) is 73.9 cm³/mol. The Labute approximate surface area is 118 Å². The van der Waals surface area contributed by atoms with Crippen molar-refractivity contribution in [1.29, 1.82) is 0 Å². The summed E-state index contributed by atoms with van der Waals surface area (Å²) in [6, 6.07) is -0.265. The second kappa shape index (κ2) is 6.88. The van der Waals surface area contributed by atoms with Crippen molar-refractivity contribution >= 4 is 18.3 Å². The molecule has 19 heavy (non-hydrogen) atoms. The van der Waals surface area contributed by atoms with E-state index in [9.17, 15) is 9.90 Å². The average Bonchev–Trinajstić information content (AvgIpc) is 2.87. The van der Waals surface area contributed by atoms with Gasteiger partial charge in [-0.05, 0) is 24.8 Å². The van der Waals surface area contributed by atoms with Crippen LogP contribution >= 0.6 is 12.4 Å². The Balaban J connectivity index is 0.00000180. The van der Waals surface area contributed by atoms with Crippen molar-refractivity contribution in [3.8, 4) is 0 Å². The number of hydrogen-bond acceptors (Lipinski definition) is 4. The quantitative estimate of drug-likeness (QED) is 0.703. The van der Waals surface area contributed by atoms with Gasteiger partial charge in [-0.1, -0.05) is 0 Å². The number of aromatic nitrogens is 2. The molecule has 1 fully saturated rings. The lowest BCUT2D eigenvalue weighted by molar-refractivity contribution is -0.125. The van der Waals surface area contributed by atoms with Crippen molar-refractivity contribution in [3.63, 3.8) is 0 Å². The highest BCUT2D eigenvalue weighted by Crippen LogP contribution is 2.24. The van der Waals surface area contributed by atoms with Crippen LogP contribution in [0.1, 0.15) is 18.4 Å². The smallest absolute Gasteiger partial charge is 0.223 e. The Hall–Kier alpha value is -1.11. The zero-order valence-corrected chi connectivity index (χ0v) is 11.8. The summed E-state index contributed by atoms with van der Waals surface area (Å²) < 4.78 is 1.74. The summed E-state index contributed by atoms with van der Waals surface area (Å²) in [5, 5.41) is 16.5. The molecule has 0 aromatic carbocycles. The molecule has 1 aromatic rings. The first-order valence-electron chi connectivity index (χ1n) is 6.25. The van der Waals surface area contributed by atoms with Crippen molar-refractivity contribution in [2.45, 2.75) is 31.4 Å². The van der Waals surface area contributed by atoms with Crippen LogP contribution in [0.4, 0.5) is 0 Å². The molecule has 1 aromatic heterocycles. The lowest BCUT2D eigenvalue weighted by Crippen LogP contribution is -2.31. The van der Waals surface area contributed by atoms with Gasteiger partial charge >= 0.3 is 0 Å². The number of amides is 1. The van der Waals surface area contributed by atoms with Gasteiger partial charge < -0.3 is 16.2 Å². The maximum atomic E-state index is 11.8. The molecule has 1 heterocycles. The summed E-state index contributed by atoms with van der Waals surface area (Å²) in [5.41, 5.74) is 6.79. The van der Waals surface area contributed by atoms with Crippen molar-refractivity contribution in [3.05, 3.63) is 18.0 Å². The number of carbonyl (C=O) groups is 1. The Bertz CT molecular complexity index is 414. The summed E-state index contributed by atoms with van der Waals surface area (Å²) in [6.07, 6.45) is 4.99. The Morgan fingerprint density at radius 3 is 2.89 bits per heavy atom. The van der Waals surface area contributed by atoms with Crippen LogP contribution < -0.4 is 11.1 Å². The molecule has 3 atom stereocenters. The van der Waals surface area contributed by atoms with Crippen LogP contribution in [-0.2, 0) is 18.3 Å². The maximum Gasteiger partial charge on any atom is 0.223 e. The molecule has 2 rings (SSSR count). The number of hydrogen-bond donors (Lipinski definition) is 3. The Kier molecular flexibility index (Phi) is 5.78. The van der Waals surface area contributed by atoms with E-state index in [0.29, 0.717) is 19.4 Å². The number of aliphatic hydroxyl groups is 1. The summed E-state index contributed by atoms with van der Waals surface area (Å²) in [7, 11) is 1.86.